The van der Waals surface area contributed by atoms with Crippen LogP contribution >= 0.6 is 15.9 Å². The van der Waals surface area contributed by atoms with Crippen LogP contribution in [0.25, 0.3) is 0 Å². The van der Waals surface area contributed by atoms with Crippen LogP contribution in [-0.2, 0) is 10.0 Å². The molecule has 1 aromatic rings. The van der Waals surface area contributed by atoms with Gasteiger partial charge in [0.05, 0.1) is 9.37 Å². The molecular weight excluding hydrogens is 335 g/mol. The average Bonchev–Trinajstić information content (AvgIpc) is 2.81. The molecule has 1 saturated carbocycles. The summed E-state index contributed by atoms with van der Waals surface area (Å²) < 4.78 is 40.9. The van der Waals surface area contributed by atoms with Crippen molar-refractivity contribution in [2.24, 2.45) is 5.73 Å². The van der Waals surface area contributed by atoms with Gasteiger partial charge in [-0.3, -0.25) is 0 Å². The second kappa shape index (κ2) is 5.47. The van der Waals surface area contributed by atoms with Crippen LogP contribution in [0.2, 0.25) is 0 Å². The van der Waals surface area contributed by atoms with E-state index < -0.39 is 21.4 Å². The Morgan fingerprint density at radius 3 is 2.53 bits per heavy atom. The standard InChI is InChI=1S/C12H16BrFN2O2S/c13-10-4-3-9(7-11(10)14)19(17,18)16-12(8-15)5-1-2-6-12/h3-4,7,16H,1-2,5-6,8,15H2. The smallest absolute Gasteiger partial charge is 0.241 e. The molecule has 0 bridgehead atoms. The van der Waals surface area contributed by atoms with Crippen molar-refractivity contribution >= 4 is 26.0 Å². The van der Waals surface area contributed by atoms with E-state index in [1.165, 1.54) is 12.1 Å². The van der Waals surface area contributed by atoms with E-state index in [4.69, 9.17) is 5.73 Å². The molecule has 1 fully saturated rings. The van der Waals surface area contributed by atoms with Gasteiger partial charge in [-0.05, 0) is 47.0 Å². The molecule has 1 aliphatic carbocycles. The summed E-state index contributed by atoms with van der Waals surface area (Å²) in [6.45, 7) is 0.255. The number of halogens is 2. The molecule has 19 heavy (non-hydrogen) atoms. The molecular formula is C12H16BrFN2O2S. The van der Waals surface area contributed by atoms with Crippen LogP contribution in [0.3, 0.4) is 0 Å². The first-order chi connectivity index (χ1) is 8.88. The summed E-state index contributed by atoms with van der Waals surface area (Å²) in [5, 5.41) is 0. The van der Waals surface area contributed by atoms with E-state index in [2.05, 4.69) is 20.7 Å². The zero-order valence-electron chi connectivity index (χ0n) is 10.3. The van der Waals surface area contributed by atoms with Gasteiger partial charge in [0.2, 0.25) is 10.0 Å². The molecule has 2 rings (SSSR count). The largest absolute Gasteiger partial charge is 0.329 e. The van der Waals surface area contributed by atoms with Gasteiger partial charge in [-0.1, -0.05) is 12.8 Å². The Morgan fingerprint density at radius 1 is 1.37 bits per heavy atom. The molecule has 106 valence electrons. The van der Waals surface area contributed by atoms with Crippen LogP contribution in [0, 0.1) is 5.82 Å². The van der Waals surface area contributed by atoms with Gasteiger partial charge in [0.1, 0.15) is 5.82 Å². The fourth-order valence-electron chi connectivity index (χ4n) is 2.39. The van der Waals surface area contributed by atoms with E-state index in [1.807, 2.05) is 0 Å². The van der Waals surface area contributed by atoms with Crippen LogP contribution in [0.5, 0.6) is 0 Å². The van der Waals surface area contributed by atoms with Crippen molar-refractivity contribution in [1.82, 2.24) is 4.72 Å². The van der Waals surface area contributed by atoms with Crippen LogP contribution in [-0.4, -0.2) is 20.5 Å². The first-order valence-electron chi connectivity index (χ1n) is 6.08. The van der Waals surface area contributed by atoms with Crippen LogP contribution in [0.4, 0.5) is 4.39 Å². The summed E-state index contributed by atoms with van der Waals surface area (Å²) in [5.74, 6) is -0.601. The van der Waals surface area contributed by atoms with Crippen LogP contribution in [0.1, 0.15) is 25.7 Å². The lowest BCUT2D eigenvalue weighted by atomic mass is 10.0. The van der Waals surface area contributed by atoms with Gasteiger partial charge in [0, 0.05) is 12.1 Å². The Labute approximate surface area is 120 Å². The van der Waals surface area contributed by atoms with Crippen molar-refractivity contribution in [3.05, 3.63) is 28.5 Å². The minimum atomic E-state index is -3.74. The maximum Gasteiger partial charge on any atom is 0.241 e. The lowest BCUT2D eigenvalue weighted by molar-refractivity contribution is 0.399. The third-order valence-electron chi connectivity index (χ3n) is 3.50. The molecule has 0 heterocycles. The van der Waals surface area contributed by atoms with Gasteiger partial charge in [-0.2, -0.15) is 0 Å². The lowest BCUT2D eigenvalue weighted by Gasteiger charge is -2.28. The molecule has 4 nitrogen and oxygen atoms in total. The van der Waals surface area contributed by atoms with Crippen LogP contribution < -0.4 is 10.5 Å². The van der Waals surface area contributed by atoms with E-state index in [9.17, 15) is 12.8 Å². The highest BCUT2D eigenvalue weighted by Gasteiger charge is 2.36. The number of rotatable bonds is 4. The second-order valence-corrected chi connectivity index (χ2v) is 7.41. The number of benzene rings is 1. The summed E-state index contributed by atoms with van der Waals surface area (Å²) in [6.07, 6.45) is 3.35. The van der Waals surface area contributed by atoms with E-state index in [0.717, 1.165) is 31.7 Å². The Bertz CT molecular complexity index is 571. The predicted molar refractivity (Wildman–Crippen MR) is 74.7 cm³/mol. The predicted octanol–water partition coefficient (Wildman–Crippen LogP) is 2.14. The highest BCUT2D eigenvalue weighted by atomic mass is 79.9. The number of sulfonamides is 1. The Morgan fingerprint density at radius 2 is 2.00 bits per heavy atom. The average molecular weight is 351 g/mol. The fraction of sp³-hybridized carbons (Fsp3) is 0.500. The van der Waals surface area contributed by atoms with Crippen LogP contribution in [0.15, 0.2) is 27.6 Å². The molecule has 0 unspecified atom stereocenters. The summed E-state index contributed by atoms with van der Waals surface area (Å²) in [6, 6.07) is 3.76. The van der Waals surface area contributed by atoms with E-state index >= 15 is 0 Å². The van der Waals surface area contributed by atoms with Gasteiger partial charge < -0.3 is 5.73 Å². The third kappa shape index (κ3) is 3.16. The van der Waals surface area contributed by atoms with E-state index in [-0.39, 0.29) is 15.9 Å². The highest BCUT2D eigenvalue weighted by molar-refractivity contribution is 9.10. The fourth-order valence-corrected chi connectivity index (χ4v) is 4.12. The zero-order valence-corrected chi connectivity index (χ0v) is 12.7. The highest BCUT2D eigenvalue weighted by Crippen LogP contribution is 2.30. The molecule has 1 aromatic carbocycles. The van der Waals surface area contributed by atoms with Gasteiger partial charge in [-0.15, -0.1) is 0 Å². The Kier molecular flexibility index (Phi) is 4.29. The lowest BCUT2D eigenvalue weighted by Crippen LogP contribution is -2.51. The number of nitrogens with one attached hydrogen (secondary N) is 1. The van der Waals surface area contributed by atoms with Crippen molar-refractivity contribution in [3.63, 3.8) is 0 Å². The normalized spacial score (nSPS) is 18.7. The van der Waals surface area contributed by atoms with E-state index in [0.29, 0.717) is 0 Å². The number of hydrogen-bond acceptors (Lipinski definition) is 3. The maximum absolute atomic E-state index is 13.4. The van der Waals surface area contributed by atoms with Gasteiger partial charge >= 0.3 is 0 Å². The van der Waals surface area contributed by atoms with Gasteiger partial charge in [0.15, 0.2) is 0 Å². The first-order valence-corrected chi connectivity index (χ1v) is 8.35. The van der Waals surface area contributed by atoms with Crippen molar-refractivity contribution in [2.75, 3.05) is 6.54 Å². The quantitative estimate of drug-likeness (QED) is 0.873. The summed E-state index contributed by atoms with van der Waals surface area (Å²) in [4.78, 5) is -0.0760. The summed E-state index contributed by atoms with van der Waals surface area (Å²) in [7, 11) is -3.74. The second-order valence-electron chi connectivity index (χ2n) is 4.87. The molecule has 0 saturated heterocycles. The number of nitrogens with two attached hydrogens (primary N) is 1. The number of hydrogen-bond donors (Lipinski definition) is 2. The Hall–Kier alpha value is -0.500. The summed E-state index contributed by atoms with van der Waals surface area (Å²) >= 11 is 3.00. The van der Waals surface area contributed by atoms with Gasteiger partial charge in [-0.25, -0.2) is 17.5 Å². The third-order valence-corrected chi connectivity index (χ3v) is 5.72. The van der Waals surface area contributed by atoms with Crippen molar-refractivity contribution < 1.29 is 12.8 Å². The van der Waals surface area contributed by atoms with Crippen molar-refractivity contribution in [1.29, 1.82) is 0 Å². The minimum Gasteiger partial charge on any atom is -0.329 e. The monoisotopic (exact) mass is 350 g/mol. The molecule has 0 amide bonds. The molecule has 3 N–H and O–H groups in total. The minimum absolute atomic E-state index is 0.0760. The first kappa shape index (κ1) is 14.9. The van der Waals surface area contributed by atoms with Crippen molar-refractivity contribution in [2.45, 2.75) is 36.1 Å². The zero-order chi connectivity index (χ0) is 14.1. The molecule has 0 radical (unpaired) electrons. The maximum atomic E-state index is 13.4. The van der Waals surface area contributed by atoms with Crippen molar-refractivity contribution in [3.8, 4) is 0 Å². The summed E-state index contributed by atoms with van der Waals surface area (Å²) in [5.41, 5.74) is 5.12. The van der Waals surface area contributed by atoms with Gasteiger partial charge in [0.25, 0.3) is 0 Å². The Balaban J connectivity index is 2.29. The molecule has 0 spiro atoms. The topological polar surface area (TPSA) is 72.2 Å². The molecule has 0 aromatic heterocycles. The molecule has 7 heteroatoms. The SMILES string of the molecule is NCC1(NS(=O)(=O)c2ccc(Br)c(F)c2)CCCC1. The molecule has 0 atom stereocenters. The molecule has 0 aliphatic heterocycles. The van der Waals surface area contributed by atoms with E-state index in [1.54, 1.807) is 0 Å². The molecule has 1 aliphatic rings.